The third-order valence-electron chi connectivity index (χ3n) is 18.3. The van der Waals surface area contributed by atoms with Crippen LogP contribution in [0.2, 0.25) is 0 Å². The number of nitrogens with one attached hydrogen (secondary N) is 6. The molecule has 0 aliphatic rings. The first kappa shape index (κ1) is 80.6. The molecule has 0 aromatic heterocycles. The van der Waals surface area contributed by atoms with Crippen LogP contribution in [0.1, 0.15) is 224 Å². The highest BCUT2D eigenvalue weighted by Gasteiger charge is 2.31. The Morgan fingerprint density at radius 1 is 0.253 bits per heavy atom. The van der Waals surface area contributed by atoms with Crippen LogP contribution in [0.15, 0.2) is 284 Å². The van der Waals surface area contributed by atoms with Gasteiger partial charge in [-0.15, -0.1) is 0 Å². The highest BCUT2D eigenvalue weighted by Crippen LogP contribution is 2.45. The number of rotatable bonds is 48. The van der Waals surface area contributed by atoms with Crippen molar-refractivity contribution < 1.29 is 182 Å². The number of hydrogen-bond donors (Lipinski definition) is 18. The lowest BCUT2D eigenvalue weighted by molar-refractivity contribution is 0.0685. The van der Waals surface area contributed by atoms with E-state index in [0.29, 0.717) is 6.07 Å². The van der Waals surface area contributed by atoms with Crippen molar-refractivity contribution in [3.63, 3.8) is 0 Å². The molecule has 2 atom stereocenters. The third kappa shape index (κ3) is 39.0. The zero-order valence-electron chi connectivity index (χ0n) is 110. The van der Waals surface area contributed by atoms with E-state index >= 15 is 0 Å². The molecular formula is C102H120N12O30S6. The normalized spacial score (nSPS) is 15.8. The number of ether oxygens (including phenoxy) is 6. The second-order valence-electron chi connectivity index (χ2n) is 29.3. The molecule has 0 saturated heterocycles. The van der Waals surface area contributed by atoms with Crippen LogP contribution in [-0.2, 0) is 60.1 Å². The zero-order chi connectivity index (χ0) is 138. The van der Waals surface area contributed by atoms with Crippen molar-refractivity contribution in [1.82, 2.24) is 0 Å². The van der Waals surface area contributed by atoms with Crippen molar-refractivity contribution >= 4 is 130 Å². The predicted octanol–water partition coefficient (Wildman–Crippen LogP) is 18.2. The average Bonchev–Trinajstić information content (AvgIpc) is 0.769. The van der Waals surface area contributed by atoms with E-state index in [2.05, 4.69) is 31.9 Å². The van der Waals surface area contributed by atoms with Crippen molar-refractivity contribution in [1.29, 1.82) is 0 Å². The summed E-state index contributed by atoms with van der Waals surface area (Å²) < 4.78 is 420. The van der Waals surface area contributed by atoms with Gasteiger partial charge >= 0.3 is 35.8 Å². The van der Waals surface area contributed by atoms with Crippen molar-refractivity contribution in [2.75, 3.05) is 71.0 Å². The van der Waals surface area contributed by atoms with E-state index in [9.17, 15) is 110 Å². The lowest BCUT2D eigenvalue weighted by Gasteiger charge is -2.17. The Balaban J connectivity index is 0.000000291. The minimum absolute atomic E-state index is 0.0922. The first-order chi connectivity index (χ1) is 83.0. The molecule has 0 aliphatic carbocycles. The van der Waals surface area contributed by atoms with E-state index in [1.54, 1.807) is 121 Å². The number of benzene rings is 12. The van der Waals surface area contributed by atoms with Crippen molar-refractivity contribution in [2.45, 2.75) is 147 Å². The monoisotopic (exact) mass is 2220 g/mol. The maximum absolute atomic E-state index is 12.2. The molecule has 0 fully saturated rings. The number of sulfonamides is 6. The van der Waals surface area contributed by atoms with Gasteiger partial charge in [-0.05, 0) is 184 Å². The molecule has 0 radical (unpaired) electrons. The van der Waals surface area contributed by atoms with Gasteiger partial charge in [-0.3, -0.25) is 0 Å². The number of aromatic carboxylic acids is 6. The van der Waals surface area contributed by atoms with E-state index in [0.717, 1.165) is 66.7 Å². The number of anilines is 6. The SMILES string of the molecule is [2H]C(CCC([2H])([2H])[2H])Nc1cc(C(=O)O)cc(S(N)(=O)=O)c1Oc1ccccc1.[2H]C(Nc1cc(C(=O)O)cc(S(N)(=O)=O)c1Oc1ccccc1)C([2H])([2H])CC([2H])([2H])[2H].[2H]C([2H])([2H])C([2H])([2H])CCNc1cc(C(=O)O)cc(S(N)(=O)=O)c1Oc1ccccc1.[2H]C([2H])([2H])CC([2H])([2H])C([2H])([2H])Nc1cc(C(=O)O)cc(S(N)(=O)=O)c1Oc1ccccc1.[2H]C([2H])([2H])CC([2H])([2H])CNc1cc(C(=O)O)cc(S(N)(=O)=O)c1Oc1ccccc1.[2H]C([2H])([2H])CCC([2H])([2H])Nc1cc(C(=O)O)cc(S(N)(=O)=O)c1Oc1ccccc1. The van der Waals surface area contributed by atoms with Gasteiger partial charge in [0.25, 0.3) is 0 Å². The van der Waals surface area contributed by atoms with Crippen LogP contribution in [0, 0.1) is 0 Å². The largest absolute Gasteiger partial charge is 0.478 e. The Kier molecular flexibility index (Phi) is 31.3. The summed E-state index contributed by atoms with van der Waals surface area (Å²) in [5.41, 5.74) is -4.42. The molecule has 2 unspecified atom stereocenters. The number of para-hydroxylation sites is 6. The third-order valence-corrected chi connectivity index (χ3v) is 23.8. The summed E-state index contributed by atoms with van der Waals surface area (Å²) in [7, 11) is -26.8. The van der Waals surface area contributed by atoms with E-state index < -0.39 is 314 Å². The Morgan fingerprint density at radius 3 is 0.720 bits per heavy atom. The molecule has 12 aromatic rings. The van der Waals surface area contributed by atoms with Gasteiger partial charge in [-0.2, -0.15) is 0 Å². The van der Waals surface area contributed by atoms with Crippen LogP contribution in [0.25, 0.3) is 0 Å². The fourth-order valence-corrected chi connectivity index (χ4v) is 16.1. The van der Waals surface area contributed by atoms with Crippen LogP contribution in [-0.4, -0.2) is 156 Å². The summed E-state index contributed by atoms with van der Waals surface area (Å²) in [6.45, 7) is -24.8. The minimum Gasteiger partial charge on any atom is -0.478 e. The Morgan fingerprint density at radius 2 is 0.473 bits per heavy atom. The lowest BCUT2D eigenvalue weighted by Crippen LogP contribution is -2.16. The molecule has 48 heteroatoms. The smallest absolute Gasteiger partial charge is 0.335 e. The first-order valence-corrected chi connectivity index (χ1v) is 51.7. The van der Waals surface area contributed by atoms with Gasteiger partial charge < -0.3 is 91.0 Å². The maximum atomic E-state index is 12.2. The molecule has 0 aliphatic heterocycles. The Labute approximate surface area is 914 Å². The fourth-order valence-electron chi connectivity index (χ4n) is 11.8. The van der Waals surface area contributed by atoms with Gasteiger partial charge in [-0.25, -0.2) is 110 Å². The molecule has 24 N–H and O–H groups in total. The Hall–Kier alpha value is -15.5. The number of nitrogens with two attached hydrogens (primary N) is 6. The van der Waals surface area contributed by atoms with Crippen LogP contribution >= 0.6 is 0 Å². The van der Waals surface area contributed by atoms with E-state index in [1.807, 2.05) is 0 Å². The van der Waals surface area contributed by atoms with Gasteiger partial charge in [0.2, 0.25) is 60.1 Å². The van der Waals surface area contributed by atoms with E-state index in [1.165, 1.54) is 60.7 Å². The summed E-state index contributed by atoms with van der Waals surface area (Å²) in [6.07, 6.45) is -15.0. The summed E-state index contributed by atoms with van der Waals surface area (Å²) in [6, 6.07) is 58.4. The molecule has 0 amide bonds. The van der Waals surface area contributed by atoms with Gasteiger partial charge in [0.15, 0.2) is 34.5 Å². The molecule has 12 rings (SSSR count). The summed E-state index contributed by atoms with van der Waals surface area (Å²) in [4.78, 5) is 64.8. The zero-order valence-corrected chi connectivity index (χ0v) is 82.8. The minimum atomic E-state index is -4.59. The number of primary sulfonamides is 6. The molecule has 0 bridgehead atoms. The van der Waals surface area contributed by atoms with Crippen LogP contribution in [0.4, 0.5) is 34.1 Å². The summed E-state index contributed by atoms with van der Waals surface area (Å²) in [5, 5.41) is 102. The quantitative estimate of drug-likeness (QED) is 0.0168. The van der Waals surface area contributed by atoms with Crippen LogP contribution < -0.4 is 91.2 Å². The number of carboxylic acid groups (broad SMARTS) is 6. The molecule has 150 heavy (non-hydrogen) atoms. The van der Waals surface area contributed by atoms with Crippen molar-refractivity contribution in [3.05, 3.63) is 288 Å². The highest BCUT2D eigenvalue weighted by molar-refractivity contribution is 7.90. The molecule has 0 saturated carbocycles. The fraction of sp³-hybridized carbons (Fsp3) is 0.235. The van der Waals surface area contributed by atoms with Gasteiger partial charge in [0, 0.05) is 83.0 Å². The van der Waals surface area contributed by atoms with Gasteiger partial charge in [0.05, 0.1) is 67.5 Å². The van der Waals surface area contributed by atoms with Crippen LogP contribution in [0.3, 0.4) is 0 Å². The topological polar surface area (TPSA) is 712 Å². The molecule has 42 nitrogen and oxygen atoms in total. The molecular weight excluding hydrogens is 2070 g/mol. The van der Waals surface area contributed by atoms with Crippen molar-refractivity contribution in [3.8, 4) is 69.0 Å². The maximum Gasteiger partial charge on any atom is 0.335 e. The standard InChI is InChI=1S/6C17H20N2O5S/c6*1-2-3-9-19-14-10-12(17(20)21)11-15(25(18,22)23)16(14)24-13-7-5-4-6-8-13/h6*4-8,10-11,19H,2-3,9H2,1H3,(H,20,21)(H2,18,22,23)/i1D3,3D2,9D2;1D3,3D2,9D;1D3,9D2;1D3,9D;1D3,3D2;1D3,2D2. The number of hydrogen-bond acceptors (Lipinski definition) is 30. The molecule has 0 heterocycles. The van der Waals surface area contributed by atoms with Gasteiger partial charge in [0.1, 0.15) is 63.9 Å². The summed E-state index contributed by atoms with van der Waals surface area (Å²) in [5.74, 6) is -10.0. The molecule has 0 spiro atoms. The van der Waals surface area contributed by atoms with E-state index in [4.69, 9.17) is 103 Å². The van der Waals surface area contributed by atoms with E-state index in [-0.39, 0.29) is 105 Å². The second kappa shape index (κ2) is 58.3. The predicted molar refractivity (Wildman–Crippen MR) is 568 cm³/mol. The number of carboxylic acids is 6. The van der Waals surface area contributed by atoms with Crippen molar-refractivity contribution in [2.24, 2.45) is 30.8 Å². The average molecular weight is 2220 g/mol. The molecule has 12 aromatic carbocycles. The lowest BCUT2D eigenvalue weighted by atomic mass is 10.1. The first-order valence-electron chi connectivity index (χ1n) is 58.6. The highest BCUT2D eigenvalue weighted by atomic mass is 32.2. The summed E-state index contributed by atoms with van der Waals surface area (Å²) >= 11 is 0. The molecule has 804 valence electrons. The second-order valence-corrected chi connectivity index (χ2v) is 38.5. The van der Waals surface area contributed by atoms with Gasteiger partial charge in [-0.1, -0.05) is 189 Å². The number of carbonyl (C=O) groups is 6. The Bertz CT molecular complexity index is 8840. The van der Waals surface area contributed by atoms with Crippen LogP contribution in [0.5, 0.6) is 69.0 Å².